The molecule has 7 heteroatoms. The van der Waals surface area contributed by atoms with Crippen LogP contribution >= 0.6 is 0 Å². The van der Waals surface area contributed by atoms with Gasteiger partial charge in [-0.05, 0) is 25.5 Å². The van der Waals surface area contributed by atoms with Gasteiger partial charge in [0.1, 0.15) is 11.9 Å². The molecule has 1 atom stereocenters. The molecule has 0 radical (unpaired) electrons. The maximum Gasteiger partial charge on any atom is 0.337 e. The lowest BCUT2D eigenvalue weighted by Crippen LogP contribution is -2.54. The van der Waals surface area contributed by atoms with Crippen molar-refractivity contribution in [1.82, 2.24) is 10.3 Å². The number of hydrogen-bond acceptors (Lipinski definition) is 5. The van der Waals surface area contributed by atoms with Gasteiger partial charge < -0.3 is 20.1 Å². The molecule has 7 nitrogen and oxygen atoms in total. The van der Waals surface area contributed by atoms with Crippen LogP contribution in [0.25, 0.3) is 0 Å². The molecule has 1 amide bonds. The zero-order chi connectivity index (χ0) is 15.4. The highest BCUT2D eigenvalue weighted by Gasteiger charge is 2.31. The molecule has 1 aliphatic rings. The number of likely N-dealkylation sites (N-methyl/N-ethyl adjacent to an activating group) is 1. The van der Waals surface area contributed by atoms with Crippen LogP contribution in [0.1, 0.15) is 22.8 Å². The Hall–Kier alpha value is -2.15. The van der Waals surface area contributed by atoms with E-state index in [-0.39, 0.29) is 11.5 Å². The van der Waals surface area contributed by atoms with E-state index in [1.165, 1.54) is 6.20 Å². The van der Waals surface area contributed by atoms with E-state index in [2.05, 4.69) is 10.3 Å². The zero-order valence-electron chi connectivity index (χ0n) is 12.1. The van der Waals surface area contributed by atoms with Crippen molar-refractivity contribution in [2.24, 2.45) is 0 Å². The molecule has 1 fully saturated rings. The lowest BCUT2D eigenvalue weighted by molar-refractivity contribution is -0.124. The first-order valence-electron chi connectivity index (χ1n) is 6.86. The van der Waals surface area contributed by atoms with E-state index in [0.717, 1.165) is 5.56 Å². The second-order valence-electron chi connectivity index (χ2n) is 4.85. The number of nitrogens with zero attached hydrogens (tertiary/aromatic N) is 2. The van der Waals surface area contributed by atoms with E-state index >= 15 is 0 Å². The fourth-order valence-electron chi connectivity index (χ4n) is 2.35. The number of ether oxygens (including phenoxy) is 1. The Labute approximate surface area is 122 Å². The van der Waals surface area contributed by atoms with E-state index in [0.29, 0.717) is 32.1 Å². The highest BCUT2D eigenvalue weighted by atomic mass is 16.5. The number of aromatic carboxylic acids is 1. The molecule has 2 heterocycles. The number of carbonyl (C=O) groups excluding carboxylic acids is 1. The highest BCUT2D eigenvalue weighted by molar-refractivity contribution is 5.88. The molecule has 0 aromatic carbocycles. The van der Waals surface area contributed by atoms with E-state index < -0.39 is 12.0 Å². The summed E-state index contributed by atoms with van der Waals surface area (Å²) in [7, 11) is 0. The normalized spacial score (nSPS) is 18.4. The van der Waals surface area contributed by atoms with Crippen LogP contribution in [0.2, 0.25) is 0 Å². The molecule has 114 valence electrons. The number of aryl methyl sites for hydroxylation is 1. The van der Waals surface area contributed by atoms with Crippen LogP contribution in [0.15, 0.2) is 12.3 Å². The Morgan fingerprint density at radius 1 is 1.57 bits per heavy atom. The summed E-state index contributed by atoms with van der Waals surface area (Å²) in [5, 5.41) is 11.8. The molecule has 1 aromatic rings. The maximum atomic E-state index is 12.1. The smallest absolute Gasteiger partial charge is 0.337 e. The number of pyridine rings is 1. The van der Waals surface area contributed by atoms with Crippen LogP contribution in [-0.2, 0) is 9.53 Å². The second-order valence-corrected chi connectivity index (χ2v) is 4.85. The van der Waals surface area contributed by atoms with Crippen molar-refractivity contribution in [2.75, 3.05) is 31.2 Å². The molecule has 1 aromatic heterocycles. The minimum atomic E-state index is -1.01. The van der Waals surface area contributed by atoms with Gasteiger partial charge in [-0.3, -0.25) is 4.79 Å². The van der Waals surface area contributed by atoms with Crippen molar-refractivity contribution in [3.63, 3.8) is 0 Å². The molecule has 1 aliphatic heterocycles. The zero-order valence-corrected chi connectivity index (χ0v) is 12.1. The molecule has 1 unspecified atom stereocenters. The summed E-state index contributed by atoms with van der Waals surface area (Å²) in [6.45, 7) is 5.55. The van der Waals surface area contributed by atoms with Gasteiger partial charge in [-0.15, -0.1) is 0 Å². The van der Waals surface area contributed by atoms with Crippen molar-refractivity contribution in [1.29, 1.82) is 0 Å². The lowest BCUT2D eigenvalue weighted by Gasteiger charge is -2.36. The molecule has 1 saturated heterocycles. The summed E-state index contributed by atoms with van der Waals surface area (Å²) < 4.78 is 5.38. The summed E-state index contributed by atoms with van der Waals surface area (Å²) in [4.78, 5) is 29.2. The summed E-state index contributed by atoms with van der Waals surface area (Å²) in [6.07, 6.45) is 1.31. The first kappa shape index (κ1) is 15.2. The molecule has 0 aliphatic carbocycles. The number of hydrogen-bond donors (Lipinski definition) is 2. The summed E-state index contributed by atoms with van der Waals surface area (Å²) in [5.41, 5.74) is 0.866. The van der Waals surface area contributed by atoms with Crippen LogP contribution < -0.4 is 10.2 Å². The molecule has 0 bridgehead atoms. The van der Waals surface area contributed by atoms with Crippen LogP contribution in [-0.4, -0.2) is 54.3 Å². The SMILES string of the molecule is CCNC(=O)C1COCCN1c1ncc(C(=O)O)cc1C. The molecule has 0 saturated carbocycles. The van der Waals surface area contributed by atoms with E-state index in [1.54, 1.807) is 13.0 Å². The first-order valence-corrected chi connectivity index (χ1v) is 6.86. The molecule has 0 spiro atoms. The van der Waals surface area contributed by atoms with Crippen molar-refractivity contribution in [3.8, 4) is 0 Å². The molecule has 2 N–H and O–H groups in total. The van der Waals surface area contributed by atoms with Gasteiger partial charge in [0.15, 0.2) is 0 Å². The summed E-state index contributed by atoms with van der Waals surface area (Å²) in [6, 6.07) is 1.12. The second kappa shape index (κ2) is 6.53. The van der Waals surface area contributed by atoms with E-state index in [9.17, 15) is 9.59 Å². The van der Waals surface area contributed by atoms with Gasteiger partial charge in [-0.2, -0.15) is 0 Å². The predicted octanol–water partition coefficient (Wildman–Crippen LogP) is 0.430. The number of carboxylic acids is 1. The Morgan fingerprint density at radius 2 is 2.33 bits per heavy atom. The quantitative estimate of drug-likeness (QED) is 0.836. The first-order chi connectivity index (χ1) is 10.0. The third-order valence-electron chi connectivity index (χ3n) is 3.35. The number of carboxylic acid groups (broad SMARTS) is 1. The predicted molar refractivity (Wildman–Crippen MR) is 76.6 cm³/mol. The van der Waals surface area contributed by atoms with Crippen molar-refractivity contribution < 1.29 is 19.4 Å². The number of aromatic nitrogens is 1. The largest absolute Gasteiger partial charge is 0.478 e. The van der Waals surface area contributed by atoms with Crippen LogP contribution in [0.5, 0.6) is 0 Å². The van der Waals surface area contributed by atoms with Gasteiger partial charge in [0.25, 0.3) is 0 Å². The average molecular weight is 293 g/mol. The fraction of sp³-hybridized carbons (Fsp3) is 0.500. The van der Waals surface area contributed by atoms with Crippen molar-refractivity contribution >= 4 is 17.7 Å². The van der Waals surface area contributed by atoms with E-state index in [1.807, 2.05) is 11.8 Å². The molecular formula is C14H19N3O4. The summed E-state index contributed by atoms with van der Waals surface area (Å²) in [5.74, 6) is -0.500. The number of nitrogens with one attached hydrogen (secondary N) is 1. The minimum absolute atomic E-state index is 0.110. The average Bonchev–Trinajstić information content (AvgIpc) is 2.47. The van der Waals surface area contributed by atoms with Gasteiger partial charge in [0.05, 0.1) is 18.8 Å². The number of morpholine rings is 1. The van der Waals surface area contributed by atoms with Crippen molar-refractivity contribution in [3.05, 3.63) is 23.4 Å². The van der Waals surface area contributed by atoms with Gasteiger partial charge in [0, 0.05) is 19.3 Å². The number of anilines is 1. The van der Waals surface area contributed by atoms with Crippen LogP contribution in [0.3, 0.4) is 0 Å². The molecule has 2 rings (SSSR count). The lowest BCUT2D eigenvalue weighted by atomic mass is 10.1. The third kappa shape index (κ3) is 3.30. The highest BCUT2D eigenvalue weighted by Crippen LogP contribution is 2.22. The maximum absolute atomic E-state index is 12.1. The minimum Gasteiger partial charge on any atom is -0.478 e. The third-order valence-corrected chi connectivity index (χ3v) is 3.35. The van der Waals surface area contributed by atoms with Crippen LogP contribution in [0, 0.1) is 6.92 Å². The van der Waals surface area contributed by atoms with Crippen molar-refractivity contribution in [2.45, 2.75) is 19.9 Å². The number of amides is 1. The Morgan fingerprint density at radius 3 is 2.95 bits per heavy atom. The van der Waals surface area contributed by atoms with Gasteiger partial charge >= 0.3 is 5.97 Å². The molecule has 21 heavy (non-hydrogen) atoms. The van der Waals surface area contributed by atoms with E-state index in [4.69, 9.17) is 9.84 Å². The van der Waals surface area contributed by atoms with Gasteiger partial charge in [0.2, 0.25) is 5.91 Å². The van der Waals surface area contributed by atoms with Crippen LogP contribution in [0.4, 0.5) is 5.82 Å². The Balaban J connectivity index is 2.29. The van der Waals surface area contributed by atoms with Gasteiger partial charge in [-0.1, -0.05) is 0 Å². The Kier molecular flexibility index (Phi) is 4.74. The molecular weight excluding hydrogens is 274 g/mol. The number of rotatable bonds is 4. The monoisotopic (exact) mass is 293 g/mol. The number of carbonyl (C=O) groups is 2. The van der Waals surface area contributed by atoms with Gasteiger partial charge in [-0.25, -0.2) is 9.78 Å². The standard InChI is InChI=1S/C14H19N3O4/c1-3-15-13(18)11-8-21-5-4-17(11)12-9(2)6-10(7-16-12)14(19)20/h6-7,11H,3-5,8H2,1-2H3,(H,15,18)(H,19,20). The Bertz CT molecular complexity index is 547. The topological polar surface area (TPSA) is 91.8 Å². The fourth-order valence-corrected chi connectivity index (χ4v) is 2.35. The summed E-state index contributed by atoms with van der Waals surface area (Å²) >= 11 is 0.